The van der Waals surface area contributed by atoms with Gasteiger partial charge in [0.05, 0.1) is 10.5 Å². The molecule has 0 heterocycles. The number of rotatable bonds is 4. The summed E-state index contributed by atoms with van der Waals surface area (Å²) in [4.78, 5) is 21.7. The lowest BCUT2D eigenvalue weighted by Crippen LogP contribution is -2.31. The quantitative estimate of drug-likeness (QED) is 0.653. The molecule has 1 aromatic carbocycles. The van der Waals surface area contributed by atoms with E-state index < -0.39 is 10.9 Å². The molecule has 1 aromatic rings. The van der Waals surface area contributed by atoms with Gasteiger partial charge in [-0.3, -0.25) is 10.1 Å². The summed E-state index contributed by atoms with van der Waals surface area (Å²) in [7, 11) is 0. The third-order valence-corrected chi connectivity index (χ3v) is 4.41. The van der Waals surface area contributed by atoms with Crippen LogP contribution >= 0.6 is 0 Å². The van der Waals surface area contributed by atoms with Crippen LogP contribution in [0.25, 0.3) is 0 Å². The Hall–Kier alpha value is -2.11. The number of nitro groups is 1. The van der Waals surface area contributed by atoms with E-state index in [0.717, 1.165) is 25.3 Å². The molecule has 0 radical (unpaired) electrons. The first-order chi connectivity index (χ1) is 9.72. The molecule has 0 bridgehead atoms. The van der Waals surface area contributed by atoms with E-state index in [4.69, 9.17) is 5.11 Å². The van der Waals surface area contributed by atoms with Gasteiger partial charge in [0.1, 0.15) is 0 Å². The van der Waals surface area contributed by atoms with Crippen molar-refractivity contribution in [3.05, 3.63) is 33.4 Å². The van der Waals surface area contributed by atoms with Crippen LogP contribution in [0.2, 0.25) is 0 Å². The highest BCUT2D eigenvalue weighted by atomic mass is 16.6. The van der Waals surface area contributed by atoms with Crippen molar-refractivity contribution in [2.24, 2.45) is 5.41 Å². The molecule has 2 N–H and O–H groups in total. The second-order valence-corrected chi connectivity index (χ2v) is 6.31. The summed E-state index contributed by atoms with van der Waals surface area (Å²) in [6.07, 6.45) is 3.17. The van der Waals surface area contributed by atoms with Gasteiger partial charge in [0.25, 0.3) is 5.69 Å². The third kappa shape index (κ3) is 2.99. The second kappa shape index (κ2) is 5.35. The number of nitrogens with zero attached hydrogens (tertiary/aromatic N) is 1. The maximum Gasteiger partial charge on any atom is 0.336 e. The number of nitrogens with one attached hydrogen (secondary N) is 1. The third-order valence-electron chi connectivity index (χ3n) is 4.41. The van der Waals surface area contributed by atoms with Gasteiger partial charge < -0.3 is 10.4 Å². The smallest absolute Gasteiger partial charge is 0.336 e. The minimum atomic E-state index is -1.16. The average molecular weight is 292 g/mol. The molecular weight excluding hydrogens is 272 g/mol. The highest BCUT2D eigenvalue weighted by molar-refractivity contribution is 5.90. The summed E-state index contributed by atoms with van der Waals surface area (Å²) in [6.45, 7) is 5.96. The van der Waals surface area contributed by atoms with Gasteiger partial charge in [0.15, 0.2) is 0 Å². The Morgan fingerprint density at radius 2 is 2.14 bits per heavy atom. The Morgan fingerprint density at radius 3 is 2.62 bits per heavy atom. The van der Waals surface area contributed by atoms with E-state index in [9.17, 15) is 14.9 Å². The zero-order chi connectivity index (χ0) is 15.8. The van der Waals surface area contributed by atoms with Crippen molar-refractivity contribution >= 4 is 17.3 Å². The van der Waals surface area contributed by atoms with Crippen molar-refractivity contribution < 1.29 is 14.8 Å². The summed E-state index contributed by atoms with van der Waals surface area (Å²) < 4.78 is 0. The number of aromatic carboxylic acids is 1. The van der Waals surface area contributed by atoms with Crippen molar-refractivity contribution in [3.63, 3.8) is 0 Å². The number of hydrogen-bond donors (Lipinski definition) is 2. The van der Waals surface area contributed by atoms with Crippen molar-refractivity contribution in [3.8, 4) is 0 Å². The summed E-state index contributed by atoms with van der Waals surface area (Å²) in [5, 5.41) is 23.5. The van der Waals surface area contributed by atoms with Crippen molar-refractivity contribution in [2.45, 2.75) is 46.1 Å². The molecule has 0 aliphatic heterocycles. The maximum atomic E-state index is 11.2. The molecule has 0 spiro atoms. The van der Waals surface area contributed by atoms with E-state index in [1.807, 2.05) is 0 Å². The zero-order valence-corrected chi connectivity index (χ0v) is 12.5. The summed E-state index contributed by atoms with van der Waals surface area (Å²) in [5.41, 5.74) is 0.897. The van der Waals surface area contributed by atoms with E-state index in [0.29, 0.717) is 11.3 Å². The molecule has 1 saturated carbocycles. The molecule has 21 heavy (non-hydrogen) atoms. The lowest BCUT2D eigenvalue weighted by atomic mass is 9.87. The SMILES string of the molecule is Cc1c(NC2CCCC2(C)C)cc(C(=O)O)cc1[N+](=O)[O-]. The maximum absolute atomic E-state index is 11.2. The fraction of sp³-hybridized carbons (Fsp3) is 0.533. The topological polar surface area (TPSA) is 92.5 Å². The van der Waals surface area contributed by atoms with Crippen LogP contribution in [0.5, 0.6) is 0 Å². The molecule has 1 atom stereocenters. The number of carboxylic acid groups (broad SMARTS) is 1. The number of carbonyl (C=O) groups is 1. The van der Waals surface area contributed by atoms with Gasteiger partial charge in [0, 0.05) is 23.4 Å². The van der Waals surface area contributed by atoms with Crippen molar-refractivity contribution in [1.82, 2.24) is 0 Å². The molecule has 1 unspecified atom stereocenters. The van der Waals surface area contributed by atoms with Crippen LogP contribution in [-0.2, 0) is 0 Å². The van der Waals surface area contributed by atoms with Crippen LogP contribution in [0.3, 0.4) is 0 Å². The first kappa shape index (κ1) is 15.3. The van der Waals surface area contributed by atoms with E-state index >= 15 is 0 Å². The molecule has 6 nitrogen and oxygen atoms in total. The largest absolute Gasteiger partial charge is 0.478 e. The molecule has 2 rings (SSSR count). The van der Waals surface area contributed by atoms with Gasteiger partial charge in [-0.05, 0) is 31.2 Å². The Bertz CT molecular complexity index is 596. The summed E-state index contributed by atoms with van der Waals surface area (Å²) in [6, 6.07) is 2.79. The van der Waals surface area contributed by atoms with Gasteiger partial charge in [0.2, 0.25) is 0 Å². The van der Waals surface area contributed by atoms with Crippen LogP contribution in [0, 0.1) is 22.5 Å². The number of nitro benzene ring substituents is 1. The van der Waals surface area contributed by atoms with Gasteiger partial charge in [-0.1, -0.05) is 20.3 Å². The van der Waals surface area contributed by atoms with E-state index in [1.54, 1.807) is 6.92 Å². The average Bonchev–Trinajstić information content (AvgIpc) is 2.70. The normalized spacial score (nSPS) is 20.2. The van der Waals surface area contributed by atoms with Gasteiger partial charge in [-0.25, -0.2) is 4.79 Å². The van der Waals surface area contributed by atoms with Crippen LogP contribution in [-0.4, -0.2) is 22.0 Å². The van der Waals surface area contributed by atoms with Crippen LogP contribution in [0.1, 0.15) is 49.0 Å². The Kier molecular flexibility index (Phi) is 3.89. The van der Waals surface area contributed by atoms with E-state index in [1.165, 1.54) is 6.07 Å². The highest BCUT2D eigenvalue weighted by Gasteiger charge is 2.35. The minimum absolute atomic E-state index is 0.0643. The first-order valence-corrected chi connectivity index (χ1v) is 7.01. The molecule has 114 valence electrons. The zero-order valence-electron chi connectivity index (χ0n) is 12.5. The van der Waals surface area contributed by atoms with Crippen molar-refractivity contribution in [2.75, 3.05) is 5.32 Å². The molecule has 0 aromatic heterocycles. The Labute approximate surface area is 123 Å². The fourth-order valence-corrected chi connectivity index (χ4v) is 2.94. The number of anilines is 1. The van der Waals surface area contributed by atoms with E-state index in [-0.39, 0.29) is 22.7 Å². The first-order valence-electron chi connectivity index (χ1n) is 7.01. The molecule has 1 aliphatic rings. The predicted molar refractivity (Wildman–Crippen MR) is 79.8 cm³/mol. The molecule has 6 heteroatoms. The van der Waals surface area contributed by atoms with Crippen LogP contribution in [0.15, 0.2) is 12.1 Å². The lowest BCUT2D eigenvalue weighted by molar-refractivity contribution is -0.385. The van der Waals surface area contributed by atoms with E-state index in [2.05, 4.69) is 19.2 Å². The lowest BCUT2D eigenvalue weighted by Gasteiger charge is -2.29. The molecular formula is C15H20N2O4. The van der Waals surface area contributed by atoms with Crippen molar-refractivity contribution in [1.29, 1.82) is 0 Å². The summed E-state index contributed by atoms with van der Waals surface area (Å²) >= 11 is 0. The Morgan fingerprint density at radius 1 is 1.48 bits per heavy atom. The number of hydrogen-bond acceptors (Lipinski definition) is 4. The number of benzene rings is 1. The molecule has 1 aliphatic carbocycles. The van der Waals surface area contributed by atoms with Gasteiger partial charge in [-0.15, -0.1) is 0 Å². The Balaban J connectivity index is 2.42. The predicted octanol–water partition coefficient (Wildman–Crippen LogP) is 3.59. The number of carboxylic acids is 1. The van der Waals surface area contributed by atoms with Gasteiger partial charge in [-0.2, -0.15) is 0 Å². The molecule has 1 fully saturated rings. The second-order valence-electron chi connectivity index (χ2n) is 6.31. The minimum Gasteiger partial charge on any atom is -0.478 e. The monoisotopic (exact) mass is 292 g/mol. The van der Waals surface area contributed by atoms with Gasteiger partial charge >= 0.3 is 5.97 Å². The molecule has 0 amide bonds. The van der Waals surface area contributed by atoms with Crippen LogP contribution < -0.4 is 5.32 Å². The van der Waals surface area contributed by atoms with Crippen LogP contribution in [0.4, 0.5) is 11.4 Å². The standard InChI is InChI=1S/C15H20N2O4/c1-9-11(16-13-5-4-6-15(13,2)3)7-10(14(18)19)8-12(9)17(20)21/h7-8,13,16H,4-6H2,1-3H3,(H,18,19). The highest BCUT2D eigenvalue weighted by Crippen LogP contribution is 2.40. The summed E-state index contributed by atoms with van der Waals surface area (Å²) in [5.74, 6) is -1.16. The molecule has 0 saturated heterocycles. The fourth-order valence-electron chi connectivity index (χ4n) is 2.94.